The fraction of sp³-hybridized carbons (Fsp3) is 0.600. The van der Waals surface area contributed by atoms with Gasteiger partial charge in [0, 0.05) is 29.6 Å². The summed E-state index contributed by atoms with van der Waals surface area (Å²) < 4.78 is 1.16. The first-order chi connectivity index (χ1) is 9.26. The molecule has 0 saturated heterocycles. The monoisotopic (exact) mass is 326 g/mol. The van der Waals surface area contributed by atoms with E-state index >= 15 is 0 Å². The summed E-state index contributed by atoms with van der Waals surface area (Å²) in [6.45, 7) is 2.10. The predicted molar refractivity (Wildman–Crippen MR) is 82.2 cm³/mol. The van der Waals surface area contributed by atoms with Crippen LogP contribution in [0.5, 0.6) is 0 Å². The number of aliphatic hydroxyl groups is 1. The average Bonchev–Trinajstić information content (AvgIpc) is 3.24. The van der Waals surface area contributed by atoms with Gasteiger partial charge < -0.3 is 10.4 Å². The summed E-state index contributed by atoms with van der Waals surface area (Å²) in [6.07, 6.45) is 3.65. The molecule has 3 nitrogen and oxygen atoms in total. The van der Waals surface area contributed by atoms with E-state index in [2.05, 4.69) is 44.3 Å². The van der Waals surface area contributed by atoms with Gasteiger partial charge in [0.25, 0.3) is 0 Å². The highest BCUT2D eigenvalue weighted by Crippen LogP contribution is 2.29. The van der Waals surface area contributed by atoms with Gasteiger partial charge in [-0.3, -0.25) is 4.90 Å². The second kappa shape index (κ2) is 7.39. The number of nitrogens with zero attached hydrogens (tertiary/aromatic N) is 1. The maximum Gasteiger partial charge on any atom is 0.0558 e. The zero-order valence-corrected chi connectivity index (χ0v) is 13.1. The van der Waals surface area contributed by atoms with Gasteiger partial charge in [-0.25, -0.2) is 0 Å². The Labute approximate surface area is 124 Å². The number of rotatable bonds is 8. The molecule has 0 bridgehead atoms. The smallest absolute Gasteiger partial charge is 0.0558 e. The Balaban J connectivity index is 1.93. The van der Waals surface area contributed by atoms with Crippen LogP contribution in [0.4, 0.5) is 0 Å². The van der Waals surface area contributed by atoms with Crippen molar-refractivity contribution in [2.24, 2.45) is 0 Å². The molecule has 1 atom stereocenters. The SMILES string of the molecule is CNC(CCN(CCO)C1CC1)c1ccccc1Br. The molecule has 0 radical (unpaired) electrons. The van der Waals surface area contributed by atoms with E-state index in [1.165, 1.54) is 18.4 Å². The van der Waals surface area contributed by atoms with Crippen LogP contribution in [0.25, 0.3) is 0 Å². The first kappa shape index (κ1) is 15.0. The van der Waals surface area contributed by atoms with Crippen LogP contribution in [0.3, 0.4) is 0 Å². The topological polar surface area (TPSA) is 35.5 Å². The van der Waals surface area contributed by atoms with Crippen molar-refractivity contribution in [3.8, 4) is 0 Å². The van der Waals surface area contributed by atoms with E-state index in [-0.39, 0.29) is 6.61 Å². The molecular formula is C15H23BrN2O. The van der Waals surface area contributed by atoms with Gasteiger partial charge in [0.05, 0.1) is 6.61 Å². The van der Waals surface area contributed by atoms with Gasteiger partial charge in [-0.15, -0.1) is 0 Å². The van der Waals surface area contributed by atoms with Crippen molar-refractivity contribution in [2.45, 2.75) is 31.3 Å². The number of hydrogen-bond donors (Lipinski definition) is 2. The maximum atomic E-state index is 9.13. The Hall–Kier alpha value is -0.420. The summed E-state index contributed by atoms with van der Waals surface area (Å²) in [6, 6.07) is 9.45. The van der Waals surface area contributed by atoms with Crippen LogP contribution < -0.4 is 5.32 Å². The lowest BCUT2D eigenvalue weighted by Crippen LogP contribution is -2.32. The largest absolute Gasteiger partial charge is 0.395 e. The lowest BCUT2D eigenvalue weighted by atomic mass is 10.0. The van der Waals surface area contributed by atoms with Crippen molar-refractivity contribution in [3.63, 3.8) is 0 Å². The molecule has 0 amide bonds. The minimum atomic E-state index is 0.260. The number of aliphatic hydroxyl groups excluding tert-OH is 1. The van der Waals surface area contributed by atoms with E-state index < -0.39 is 0 Å². The number of benzene rings is 1. The molecule has 1 fully saturated rings. The lowest BCUT2D eigenvalue weighted by Gasteiger charge is -2.25. The van der Waals surface area contributed by atoms with Gasteiger partial charge in [0.2, 0.25) is 0 Å². The van der Waals surface area contributed by atoms with E-state index in [0.29, 0.717) is 12.1 Å². The Bertz CT molecular complexity index is 395. The molecule has 1 aromatic rings. The highest BCUT2D eigenvalue weighted by atomic mass is 79.9. The van der Waals surface area contributed by atoms with Crippen LogP contribution in [-0.4, -0.2) is 42.8 Å². The average molecular weight is 327 g/mol. The normalized spacial score (nSPS) is 16.8. The van der Waals surface area contributed by atoms with Crippen LogP contribution in [0.15, 0.2) is 28.7 Å². The molecular weight excluding hydrogens is 304 g/mol. The second-order valence-electron chi connectivity index (χ2n) is 5.14. The predicted octanol–water partition coefficient (Wildman–Crippen LogP) is 2.56. The summed E-state index contributed by atoms with van der Waals surface area (Å²) >= 11 is 3.62. The van der Waals surface area contributed by atoms with E-state index in [0.717, 1.165) is 24.0 Å². The first-order valence-electron chi connectivity index (χ1n) is 7.03. The summed E-state index contributed by atoms with van der Waals surface area (Å²) in [5.41, 5.74) is 1.31. The molecule has 1 unspecified atom stereocenters. The first-order valence-corrected chi connectivity index (χ1v) is 7.82. The van der Waals surface area contributed by atoms with Crippen molar-refractivity contribution in [1.82, 2.24) is 10.2 Å². The highest BCUT2D eigenvalue weighted by Gasteiger charge is 2.28. The van der Waals surface area contributed by atoms with Gasteiger partial charge in [-0.1, -0.05) is 34.1 Å². The third kappa shape index (κ3) is 4.28. The van der Waals surface area contributed by atoms with Crippen LogP contribution in [-0.2, 0) is 0 Å². The van der Waals surface area contributed by atoms with Crippen LogP contribution in [0, 0.1) is 0 Å². The zero-order valence-electron chi connectivity index (χ0n) is 11.5. The van der Waals surface area contributed by atoms with Crippen LogP contribution >= 0.6 is 15.9 Å². The van der Waals surface area contributed by atoms with Crippen molar-refractivity contribution >= 4 is 15.9 Å². The van der Waals surface area contributed by atoms with Gasteiger partial charge in [0.1, 0.15) is 0 Å². The van der Waals surface area contributed by atoms with Gasteiger partial charge >= 0.3 is 0 Å². The van der Waals surface area contributed by atoms with Gasteiger partial charge in [-0.2, -0.15) is 0 Å². The fourth-order valence-electron chi connectivity index (χ4n) is 2.55. The molecule has 1 saturated carbocycles. The quantitative estimate of drug-likeness (QED) is 0.770. The minimum absolute atomic E-state index is 0.260. The molecule has 2 N–H and O–H groups in total. The molecule has 1 aromatic carbocycles. The summed E-state index contributed by atoms with van der Waals surface area (Å²) in [4.78, 5) is 2.42. The molecule has 1 aliphatic rings. The molecule has 0 aromatic heterocycles. The second-order valence-corrected chi connectivity index (χ2v) is 6.00. The Kier molecular flexibility index (Phi) is 5.82. The van der Waals surface area contributed by atoms with Crippen molar-refractivity contribution in [1.29, 1.82) is 0 Å². The Morgan fingerprint density at radius 2 is 2.11 bits per heavy atom. The third-order valence-electron chi connectivity index (χ3n) is 3.78. The molecule has 0 aliphatic heterocycles. The van der Waals surface area contributed by atoms with Crippen LogP contribution in [0.2, 0.25) is 0 Å². The summed E-state index contributed by atoms with van der Waals surface area (Å²) in [7, 11) is 2.01. The minimum Gasteiger partial charge on any atom is -0.395 e. The van der Waals surface area contributed by atoms with Gasteiger partial charge in [0.15, 0.2) is 0 Å². The number of nitrogens with one attached hydrogen (secondary N) is 1. The number of halogens is 1. The lowest BCUT2D eigenvalue weighted by molar-refractivity contribution is 0.183. The van der Waals surface area contributed by atoms with E-state index in [1.54, 1.807) is 0 Å². The van der Waals surface area contributed by atoms with Crippen molar-refractivity contribution < 1.29 is 5.11 Å². The molecule has 19 heavy (non-hydrogen) atoms. The summed E-state index contributed by atoms with van der Waals surface area (Å²) in [5, 5.41) is 12.5. The number of hydrogen-bond acceptors (Lipinski definition) is 3. The van der Waals surface area contributed by atoms with E-state index in [4.69, 9.17) is 5.11 Å². The summed E-state index contributed by atoms with van der Waals surface area (Å²) in [5.74, 6) is 0. The van der Waals surface area contributed by atoms with Gasteiger partial charge in [-0.05, 0) is 37.9 Å². The van der Waals surface area contributed by atoms with Crippen molar-refractivity contribution in [3.05, 3.63) is 34.3 Å². The fourth-order valence-corrected chi connectivity index (χ4v) is 3.11. The highest BCUT2D eigenvalue weighted by molar-refractivity contribution is 9.10. The molecule has 0 spiro atoms. The molecule has 2 rings (SSSR count). The molecule has 4 heteroatoms. The van der Waals surface area contributed by atoms with Crippen LogP contribution in [0.1, 0.15) is 30.9 Å². The Morgan fingerprint density at radius 1 is 1.37 bits per heavy atom. The van der Waals surface area contributed by atoms with E-state index in [9.17, 15) is 0 Å². The Morgan fingerprint density at radius 3 is 2.68 bits per heavy atom. The molecule has 1 aliphatic carbocycles. The maximum absolute atomic E-state index is 9.13. The van der Waals surface area contributed by atoms with E-state index in [1.807, 2.05) is 13.1 Å². The zero-order chi connectivity index (χ0) is 13.7. The molecule has 106 valence electrons. The third-order valence-corrected chi connectivity index (χ3v) is 4.51. The molecule has 0 heterocycles. The standard InChI is InChI=1S/C15H23BrN2O/c1-17-15(13-4-2-3-5-14(13)16)8-9-18(10-11-19)12-6-7-12/h2-5,12,15,17,19H,6-11H2,1H3. The van der Waals surface area contributed by atoms with Crippen molar-refractivity contribution in [2.75, 3.05) is 26.7 Å².